The molecule has 1 fully saturated rings. The molecular weight excluding hydrogens is 276 g/mol. The Labute approximate surface area is 130 Å². The summed E-state index contributed by atoms with van der Waals surface area (Å²) in [6.45, 7) is 3.89. The van der Waals surface area contributed by atoms with Gasteiger partial charge in [-0.3, -0.25) is 4.79 Å². The minimum absolute atomic E-state index is 0.160. The minimum atomic E-state index is -0.160. The van der Waals surface area contributed by atoms with Crippen LogP contribution in [-0.4, -0.2) is 29.0 Å². The Bertz CT molecular complexity index is 665. The molecule has 3 heterocycles. The Morgan fingerprint density at radius 1 is 1.14 bits per heavy atom. The number of nitrogens with zero attached hydrogens (tertiary/aromatic N) is 3. The number of carbonyl (C=O) groups excluding carboxylic acids is 1. The van der Waals surface area contributed by atoms with E-state index in [9.17, 15) is 4.79 Å². The summed E-state index contributed by atoms with van der Waals surface area (Å²) in [7, 11) is 0. The van der Waals surface area contributed by atoms with Crippen LogP contribution in [0.4, 0.5) is 11.6 Å². The standard InChI is InChI=1S/C17H20N4O/c1-13-7-9-18-15(12-13)20-17(22)14-6-5-8-19-16(14)21-10-3-2-4-11-21/h5-9,12H,2-4,10-11H2,1H3,(H,18,20,22). The monoisotopic (exact) mass is 296 g/mol. The average molecular weight is 296 g/mol. The molecular formula is C17H20N4O. The van der Waals surface area contributed by atoms with Gasteiger partial charge in [0.2, 0.25) is 0 Å². The predicted molar refractivity (Wildman–Crippen MR) is 87.2 cm³/mol. The van der Waals surface area contributed by atoms with Crippen molar-refractivity contribution in [2.24, 2.45) is 0 Å². The number of anilines is 2. The van der Waals surface area contributed by atoms with Crippen LogP contribution in [0.2, 0.25) is 0 Å². The normalized spacial score (nSPS) is 14.7. The molecule has 2 aromatic rings. The highest BCUT2D eigenvalue weighted by Gasteiger charge is 2.19. The molecule has 22 heavy (non-hydrogen) atoms. The van der Waals surface area contributed by atoms with Crippen molar-refractivity contribution >= 4 is 17.5 Å². The highest BCUT2D eigenvalue weighted by Crippen LogP contribution is 2.22. The van der Waals surface area contributed by atoms with Crippen molar-refractivity contribution in [2.75, 3.05) is 23.3 Å². The molecule has 1 aliphatic rings. The molecule has 5 nitrogen and oxygen atoms in total. The number of rotatable bonds is 3. The first-order chi connectivity index (χ1) is 10.7. The SMILES string of the molecule is Cc1ccnc(NC(=O)c2cccnc2N2CCCCC2)c1. The molecule has 5 heteroatoms. The van der Waals surface area contributed by atoms with Gasteiger partial charge in [0.1, 0.15) is 11.6 Å². The van der Waals surface area contributed by atoms with Crippen LogP contribution in [0.5, 0.6) is 0 Å². The first kappa shape index (κ1) is 14.5. The van der Waals surface area contributed by atoms with Crippen molar-refractivity contribution in [3.8, 4) is 0 Å². The number of hydrogen-bond donors (Lipinski definition) is 1. The third kappa shape index (κ3) is 3.24. The van der Waals surface area contributed by atoms with Crippen LogP contribution < -0.4 is 10.2 Å². The molecule has 2 aromatic heterocycles. The number of amides is 1. The maximum absolute atomic E-state index is 12.6. The summed E-state index contributed by atoms with van der Waals surface area (Å²) in [4.78, 5) is 23.4. The Hall–Kier alpha value is -2.43. The highest BCUT2D eigenvalue weighted by atomic mass is 16.1. The Morgan fingerprint density at radius 2 is 1.95 bits per heavy atom. The van der Waals surface area contributed by atoms with Gasteiger partial charge in [-0.2, -0.15) is 0 Å². The summed E-state index contributed by atoms with van der Waals surface area (Å²) in [6, 6.07) is 7.38. The fourth-order valence-corrected chi connectivity index (χ4v) is 2.72. The molecule has 1 aliphatic heterocycles. The molecule has 1 N–H and O–H groups in total. The van der Waals surface area contributed by atoms with Crippen molar-refractivity contribution in [3.05, 3.63) is 47.8 Å². The summed E-state index contributed by atoms with van der Waals surface area (Å²) in [5.74, 6) is 1.18. The van der Waals surface area contributed by atoms with Crippen LogP contribution in [0.25, 0.3) is 0 Å². The first-order valence-electron chi connectivity index (χ1n) is 7.68. The minimum Gasteiger partial charge on any atom is -0.356 e. The highest BCUT2D eigenvalue weighted by molar-refractivity contribution is 6.07. The zero-order valence-corrected chi connectivity index (χ0v) is 12.7. The van der Waals surface area contributed by atoms with Crippen molar-refractivity contribution in [1.29, 1.82) is 0 Å². The topological polar surface area (TPSA) is 58.1 Å². The number of piperidine rings is 1. The molecule has 0 saturated carbocycles. The van der Waals surface area contributed by atoms with Crippen LogP contribution in [0, 0.1) is 6.92 Å². The smallest absolute Gasteiger partial charge is 0.260 e. The van der Waals surface area contributed by atoms with E-state index in [4.69, 9.17) is 0 Å². The van der Waals surface area contributed by atoms with Gasteiger partial charge in [0.05, 0.1) is 5.56 Å². The number of nitrogens with one attached hydrogen (secondary N) is 1. The van der Waals surface area contributed by atoms with E-state index in [0.717, 1.165) is 37.3 Å². The number of pyridine rings is 2. The number of carbonyl (C=O) groups is 1. The van der Waals surface area contributed by atoms with Crippen LogP contribution in [0.15, 0.2) is 36.7 Å². The van der Waals surface area contributed by atoms with Gasteiger partial charge in [0, 0.05) is 25.5 Å². The average Bonchev–Trinajstić information content (AvgIpc) is 2.56. The molecule has 1 saturated heterocycles. The largest absolute Gasteiger partial charge is 0.356 e. The number of aryl methyl sites for hydroxylation is 1. The molecule has 0 radical (unpaired) electrons. The van der Waals surface area contributed by atoms with E-state index in [1.165, 1.54) is 6.42 Å². The van der Waals surface area contributed by atoms with Gasteiger partial charge >= 0.3 is 0 Å². The lowest BCUT2D eigenvalue weighted by Gasteiger charge is -2.29. The second kappa shape index (κ2) is 6.56. The molecule has 0 bridgehead atoms. The van der Waals surface area contributed by atoms with E-state index in [-0.39, 0.29) is 5.91 Å². The van der Waals surface area contributed by atoms with E-state index in [2.05, 4.69) is 20.2 Å². The van der Waals surface area contributed by atoms with Gasteiger partial charge in [0.25, 0.3) is 5.91 Å². The lowest BCUT2D eigenvalue weighted by molar-refractivity contribution is 0.102. The van der Waals surface area contributed by atoms with Gasteiger partial charge in [-0.05, 0) is 56.0 Å². The first-order valence-corrected chi connectivity index (χ1v) is 7.68. The molecule has 3 rings (SSSR count). The van der Waals surface area contributed by atoms with E-state index >= 15 is 0 Å². The van der Waals surface area contributed by atoms with Crippen molar-refractivity contribution in [1.82, 2.24) is 9.97 Å². The zero-order chi connectivity index (χ0) is 15.4. The maximum Gasteiger partial charge on any atom is 0.260 e. The predicted octanol–water partition coefficient (Wildman–Crippen LogP) is 3.03. The van der Waals surface area contributed by atoms with E-state index in [0.29, 0.717) is 11.4 Å². The summed E-state index contributed by atoms with van der Waals surface area (Å²) < 4.78 is 0. The maximum atomic E-state index is 12.6. The van der Waals surface area contributed by atoms with E-state index in [1.807, 2.05) is 25.1 Å². The second-order valence-electron chi connectivity index (χ2n) is 5.59. The van der Waals surface area contributed by atoms with Gasteiger partial charge in [0.15, 0.2) is 0 Å². The molecule has 0 aliphatic carbocycles. The van der Waals surface area contributed by atoms with E-state index < -0.39 is 0 Å². The molecule has 114 valence electrons. The molecule has 0 unspecified atom stereocenters. The summed E-state index contributed by atoms with van der Waals surface area (Å²) in [6.07, 6.45) is 6.98. The molecule has 0 aromatic carbocycles. The van der Waals surface area contributed by atoms with Crippen molar-refractivity contribution in [2.45, 2.75) is 26.2 Å². The van der Waals surface area contributed by atoms with Gasteiger partial charge in [-0.15, -0.1) is 0 Å². The lowest BCUT2D eigenvalue weighted by Crippen LogP contribution is -2.32. The third-order valence-electron chi connectivity index (χ3n) is 3.84. The third-order valence-corrected chi connectivity index (χ3v) is 3.84. The van der Waals surface area contributed by atoms with Crippen molar-refractivity contribution < 1.29 is 4.79 Å². The number of aromatic nitrogens is 2. The van der Waals surface area contributed by atoms with Gasteiger partial charge in [-0.25, -0.2) is 9.97 Å². The van der Waals surface area contributed by atoms with Crippen LogP contribution in [-0.2, 0) is 0 Å². The Balaban J connectivity index is 1.83. The quantitative estimate of drug-likeness (QED) is 0.946. The fraction of sp³-hybridized carbons (Fsp3) is 0.353. The van der Waals surface area contributed by atoms with Crippen LogP contribution in [0.1, 0.15) is 35.2 Å². The van der Waals surface area contributed by atoms with Crippen LogP contribution >= 0.6 is 0 Å². The summed E-state index contributed by atoms with van der Waals surface area (Å²) >= 11 is 0. The molecule has 1 amide bonds. The Kier molecular flexibility index (Phi) is 4.32. The summed E-state index contributed by atoms with van der Waals surface area (Å²) in [5.41, 5.74) is 1.67. The lowest BCUT2D eigenvalue weighted by atomic mass is 10.1. The summed E-state index contributed by atoms with van der Waals surface area (Å²) in [5, 5.41) is 2.86. The zero-order valence-electron chi connectivity index (χ0n) is 12.7. The van der Waals surface area contributed by atoms with Gasteiger partial charge < -0.3 is 10.2 Å². The number of hydrogen-bond acceptors (Lipinski definition) is 4. The molecule has 0 spiro atoms. The Morgan fingerprint density at radius 3 is 2.73 bits per heavy atom. The fourth-order valence-electron chi connectivity index (χ4n) is 2.72. The van der Waals surface area contributed by atoms with Gasteiger partial charge in [-0.1, -0.05) is 0 Å². The second-order valence-corrected chi connectivity index (χ2v) is 5.59. The van der Waals surface area contributed by atoms with Crippen molar-refractivity contribution in [3.63, 3.8) is 0 Å². The van der Waals surface area contributed by atoms with E-state index in [1.54, 1.807) is 18.5 Å². The molecule has 0 atom stereocenters. The van der Waals surface area contributed by atoms with Crippen LogP contribution in [0.3, 0.4) is 0 Å².